The Bertz CT molecular complexity index is 958. The van der Waals surface area contributed by atoms with Crippen molar-refractivity contribution in [3.05, 3.63) is 57.7 Å². The van der Waals surface area contributed by atoms with Gasteiger partial charge in [0.05, 0.1) is 12.7 Å². The fourth-order valence-corrected chi connectivity index (χ4v) is 4.98. The fraction of sp³-hybridized carbons (Fsp3) is 0.286. The summed E-state index contributed by atoms with van der Waals surface area (Å²) < 4.78 is 5.43. The molecule has 1 saturated heterocycles. The molecule has 0 radical (unpaired) electrons. The molecule has 1 aliphatic heterocycles. The quantitative estimate of drug-likeness (QED) is 0.571. The monoisotopic (exact) mass is 411 g/mol. The first-order chi connectivity index (χ1) is 13.7. The molecule has 144 valence electrons. The number of likely N-dealkylation sites (tertiary alicyclic amines) is 1. The van der Waals surface area contributed by atoms with Gasteiger partial charge in [0.1, 0.15) is 10.8 Å². The number of rotatable bonds is 5. The number of benzene rings is 1. The number of hydrogen-bond acceptors (Lipinski definition) is 6. The van der Waals surface area contributed by atoms with Crippen LogP contribution in [0.5, 0.6) is 5.75 Å². The normalized spacial score (nSPS) is 15.2. The van der Waals surface area contributed by atoms with Gasteiger partial charge in [-0.3, -0.25) is 4.79 Å². The number of thiophene rings is 1. The molecule has 2 aromatic heterocycles. The second-order valence-electron chi connectivity index (χ2n) is 6.59. The lowest BCUT2D eigenvalue weighted by Crippen LogP contribution is -2.36. The van der Waals surface area contributed by atoms with Gasteiger partial charge in [-0.2, -0.15) is 0 Å². The summed E-state index contributed by atoms with van der Waals surface area (Å²) in [4.78, 5) is 15.4. The van der Waals surface area contributed by atoms with E-state index in [0.717, 1.165) is 52.1 Å². The van der Waals surface area contributed by atoms with Crippen LogP contribution in [-0.4, -0.2) is 41.2 Å². The topological polar surface area (TPSA) is 55.3 Å². The van der Waals surface area contributed by atoms with Gasteiger partial charge >= 0.3 is 0 Å². The number of ether oxygens (including phenoxy) is 1. The Labute approximate surface area is 172 Å². The number of nitrogens with zero attached hydrogens (tertiary/aromatic N) is 3. The summed E-state index contributed by atoms with van der Waals surface area (Å²) in [6.45, 7) is 1.50. The van der Waals surface area contributed by atoms with Crippen LogP contribution in [0.25, 0.3) is 16.6 Å². The van der Waals surface area contributed by atoms with Crippen molar-refractivity contribution in [3.8, 4) is 16.3 Å². The zero-order chi connectivity index (χ0) is 19.3. The summed E-state index contributed by atoms with van der Waals surface area (Å²) in [7, 11) is 1.67. The Morgan fingerprint density at radius 3 is 2.75 bits per heavy atom. The summed E-state index contributed by atoms with van der Waals surface area (Å²) in [6.07, 6.45) is 5.40. The highest BCUT2D eigenvalue weighted by molar-refractivity contribution is 7.14. The van der Waals surface area contributed by atoms with E-state index in [1.165, 1.54) is 0 Å². The van der Waals surface area contributed by atoms with Crippen molar-refractivity contribution in [2.75, 3.05) is 20.2 Å². The molecule has 0 N–H and O–H groups in total. The Hall–Kier alpha value is -2.51. The molecule has 5 nitrogen and oxygen atoms in total. The van der Waals surface area contributed by atoms with Gasteiger partial charge in [-0.25, -0.2) is 0 Å². The molecule has 7 heteroatoms. The van der Waals surface area contributed by atoms with Gasteiger partial charge in [0.25, 0.3) is 0 Å². The molecule has 0 saturated carbocycles. The largest absolute Gasteiger partial charge is 0.496 e. The van der Waals surface area contributed by atoms with Gasteiger partial charge in [-0.05, 0) is 42.5 Å². The molecule has 3 heterocycles. The van der Waals surface area contributed by atoms with Gasteiger partial charge in [-0.15, -0.1) is 21.5 Å². The SMILES string of the molecule is COc1ccccc1-c1nnc(C2CCN(C(=O)/C=C/c3cccs3)CC2)s1. The van der Waals surface area contributed by atoms with Crippen molar-refractivity contribution < 1.29 is 9.53 Å². The molecular formula is C21H21N3O2S2. The van der Waals surface area contributed by atoms with Crippen LogP contribution in [0.2, 0.25) is 0 Å². The highest BCUT2D eigenvalue weighted by atomic mass is 32.1. The van der Waals surface area contributed by atoms with Crippen LogP contribution < -0.4 is 4.74 Å². The summed E-state index contributed by atoms with van der Waals surface area (Å²) in [6, 6.07) is 11.9. The third kappa shape index (κ3) is 4.15. The van der Waals surface area contributed by atoms with Crippen LogP contribution in [0.3, 0.4) is 0 Å². The van der Waals surface area contributed by atoms with E-state index in [0.29, 0.717) is 5.92 Å². The number of methoxy groups -OCH3 is 1. The van der Waals surface area contributed by atoms with Gasteiger partial charge in [0, 0.05) is 30.0 Å². The summed E-state index contributed by atoms with van der Waals surface area (Å²) in [5.41, 5.74) is 0.972. The Morgan fingerprint density at radius 2 is 2.00 bits per heavy atom. The Balaban J connectivity index is 1.38. The molecule has 0 spiro atoms. The number of aromatic nitrogens is 2. The van der Waals surface area contributed by atoms with Gasteiger partial charge in [0.15, 0.2) is 5.01 Å². The molecular weight excluding hydrogens is 390 g/mol. The number of piperidine rings is 1. The van der Waals surface area contributed by atoms with Crippen LogP contribution >= 0.6 is 22.7 Å². The molecule has 28 heavy (non-hydrogen) atoms. The zero-order valence-electron chi connectivity index (χ0n) is 15.6. The van der Waals surface area contributed by atoms with Crippen LogP contribution in [0.1, 0.15) is 28.6 Å². The molecule has 0 aliphatic carbocycles. The summed E-state index contributed by atoms with van der Waals surface area (Å²) in [5, 5.41) is 12.7. The third-order valence-corrected chi connectivity index (χ3v) is 6.82. The van der Waals surface area contributed by atoms with E-state index in [1.54, 1.807) is 35.9 Å². The van der Waals surface area contributed by atoms with Crippen molar-refractivity contribution in [2.24, 2.45) is 0 Å². The van der Waals surface area contributed by atoms with E-state index in [-0.39, 0.29) is 5.91 Å². The minimum atomic E-state index is 0.0822. The van der Waals surface area contributed by atoms with E-state index < -0.39 is 0 Å². The lowest BCUT2D eigenvalue weighted by atomic mass is 9.97. The Kier molecular flexibility index (Phi) is 5.83. The molecule has 3 aromatic rings. The summed E-state index contributed by atoms with van der Waals surface area (Å²) in [5.74, 6) is 1.24. The van der Waals surface area contributed by atoms with Gasteiger partial charge < -0.3 is 9.64 Å². The first kappa shape index (κ1) is 18.8. The predicted octanol–water partition coefficient (Wildman–Crippen LogP) is 4.69. The minimum Gasteiger partial charge on any atom is -0.496 e. The van der Waals surface area contributed by atoms with Crippen molar-refractivity contribution in [2.45, 2.75) is 18.8 Å². The highest BCUT2D eigenvalue weighted by Crippen LogP contribution is 2.36. The maximum Gasteiger partial charge on any atom is 0.246 e. The molecule has 1 aromatic carbocycles. The molecule has 0 unspecified atom stereocenters. The smallest absolute Gasteiger partial charge is 0.246 e. The van der Waals surface area contributed by atoms with Crippen LogP contribution in [0, 0.1) is 0 Å². The van der Waals surface area contributed by atoms with Crippen LogP contribution in [0.4, 0.5) is 0 Å². The van der Waals surface area contributed by atoms with Crippen LogP contribution in [0.15, 0.2) is 47.9 Å². The van der Waals surface area contributed by atoms with E-state index >= 15 is 0 Å². The molecule has 4 rings (SSSR count). The molecule has 0 atom stereocenters. The number of carbonyl (C=O) groups is 1. The second kappa shape index (κ2) is 8.67. The van der Waals surface area contributed by atoms with Crippen LogP contribution in [-0.2, 0) is 4.79 Å². The number of amides is 1. The molecule has 0 bridgehead atoms. The van der Waals surface area contributed by atoms with Crippen molar-refractivity contribution >= 4 is 34.7 Å². The first-order valence-corrected chi connectivity index (χ1v) is 10.9. The molecule has 1 fully saturated rings. The lowest BCUT2D eigenvalue weighted by molar-refractivity contribution is -0.126. The number of hydrogen-bond donors (Lipinski definition) is 0. The molecule has 1 amide bonds. The highest BCUT2D eigenvalue weighted by Gasteiger charge is 2.26. The van der Waals surface area contributed by atoms with Gasteiger partial charge in [-0.1, -0.05) is 29.5 Å². The maximum absolute atomic E-state index is 12.4. The van der Waals surface area contributed by atoms with Crippen molar-refractivity contribution in [1.82, 2.24) is 15.1 Å². The lowest BCUT2D eigenvalue weighted by Gasteiger charge is -2.30. The average Bonchev–Trinajstić information content (AvgIpc) is 3.44. The zero-order valence-corrected chi connectivity index (χ0v) is 17.2. The number of para-hydroxylation sites is 1. The predicted molar refractivity (Wildman–Crippen MR) is 114 cm³/mol. The van der Waals surface area contributed by atoms with Crippen molar-refractivity contribution in [3.63, 3.8) is 0 Å². The Morgan fingerprint density at radius 1 is 1.18 bits per heavy atom. The first-order valence-electron chi connectivity index (χ1n) is 9.22. The maximum atomic E-state index is 12.4. The molecule has 1 aliphatic rings. The standard InChI is InChI=1S/C21H21N3O2S2/c1-26-18-7-3-2-6-17(18)21-23-22-20(28-21)15-10-12-24(13-11-15)19(25)9-8-16-5-4-14-27-16/h2-9,14-15H,10-13H2,1H3/b9-8+. The van der Waals surface area contributed by atoms with E-state index in [1.807, 2.05) is 52.8 Å². The van der Waals surface area contributed by atoms with Gasteiger partial charge in [0.2, 0.25) is 5.91 Å². The van der Waals surface area contributed by atoms with E-state index in [2.05, 4.69) is 10.2 Å². The average molecular weight is 412 g/mol. The number of carbonyl (C=O) groups excluding carboxylic acids is 1. The fourth-order valence-electron chi connectivity index (χ4n) is 3.32. The third-order valence-electron chi connectivity index (χ3n) is 4.87. The second-order valence-corrected chi connectivity index (χ2v) is 8.58. The minimum absolute atomic E-state index is 0.0822. The summed E-state index contributed by atoms with van der Waals surface area (Å²) >= 11 is 3.25. The van der Waals surface area contributed by atoms with E-state index in [9.17, 15) is 4.79 Å². The van der Waals surface area contributed by atoms with Crippen molar-refractivity contribution in [1.29, 1.82) is 0 Å². The van der Waals surface area contributed by atoms with E-state index in [4.69, 9.17) is 4.74 Å².